The number of nitro benzene ring substituents is 1. The zero-order valence-electron chi connectivity index (χ0n) is 14.2. The van der Waals surface area contributed by atoms with Crippen molar-refractivity contribution in [1.82, 2.24) is 9.97 Å². The van der Waals surface area contributed by atoms with Gasteiger partial charge < -0.3 is 4.74 Å². The molecular formula is C18H12ClFN4O4. The van der Waals surface area contributed by atoms with Gasteiger partial charge in [-0.05, 0) is 35.4 Å². The minimum absolute atomic E-state index is 0.0599. The van der Waals surface area contributed by atoms with Gasteiger partial charge in [-0.25, -0.2) is 19.1 Å². The van der Waals surface area contributed by atoms with Gasteiger partial charge >= 0.3 is 6.09 Å². The Morgan fingerprint density at radius 1 is 1.21 bits per heavy atom. The lowest BCUT2D eigenvalue weighted by Crippen LogP contribution is -2.27. The van der Waals surface area contributed by atoms with E-state index in [1.54, 1.807) is 6.07 Å². The zero-order valence-corrected chi connectivity index (χ0v) is 14.9. The Hall–Kier alpha value is -3.59. The topological polar surface area (TPSA) is 98.5 Å². The predicted molar refractivity (Wildman–Crippen MR) is 98.9 cm³/mol. The molecule has 3 aromatic rings. The van der Waals surface area contributed by atoms with Crippen molar-refractivity contribution in [1.29, 1.82) is 0 Å². The van der Waals surface area contributed by atoms with Crippen molar-refractivity contribution in [3.05, 3.63) is 87.6 Å². The second-order valence-electron chi connectivity index (χ2n) is 5.48. The summed E-state index contributed by atoms with van der Waals surface area (Å²) in [5.74, 6) is -0.406. The van der Waals surface area contributed by atoms with Crippen LogP contribution in [0.5, 0.6) is 0 Å². The lowest BCUT2D eigenvalue weighted by molar-refractivity contribution is -0.384. The molecule has 142 valence electrons. The van der Waals surface area contributed by atoms with Gasteiger partial charge in [-0.1, -0.05) is 18.2 Å². The van der Waals surface area contributed by atoms with Crippen molar-refractivity contribution in [2.75, 3.05) is 4.90 Å². The minimum Gasteiger partial charge on any atom is -0.444 e. The maximum absolute atomic E-state index is 13.3. The molecule has 0 saturated carbocycles. The molecule has 0 bridgehead atoms. The number of carbonyl (C=O) groups excluding carboxylic acids is 1. The molecule has 0 aliphatic rings. The molecule has 1 heterocycles. The van der Waals surface area contributed by atoms with E-state index in [4.69, 9.17) is 16.3 Å². The van der Waals surface area contributed by atoms with Crippen LogP contribution in [0.25, 0.3) is 0 Å². The fourth-order valence-electron chi connectivity index (χ4n) is 2.36. The maximum atomic E-state index is 13.3. The Morgan fingerprint density at radius 3 is 2.71 bits per heavy atom. The fraction of sp³-hybridized carbons (Fsp3) is 0.0556. The van der Waals surface area contributed by atoms with E-state index in [0.29, 0.717) is 5.56 Å². The van der Waals surface area contributed by atoms with E-state index in [2.05, 4.69) is 9.97 Å². The van der Waals surface area contributed by atoms with Crippen molar-refractivity contribution in [2.45, 2.75) is 6.61 Å². The summed E-state index contributed by atoms with van der Waals surface area (Å²) in [5, 5.41) is 10.9. The predicted octanol–water partition coefficient (Wildman–Crippen LogP) is 4.65. The number of benzene rings is 2. The Balaban J connectivity index is 1.93. The van der Waals surface area contributed by atoms with Gasteiger partial charge in [0.1, 0.15) is 18.2 Å². The first kappa shape index (κ1) is 19.2. The molecule has 0 aliphatic heterocycles. The van der Waals surface area contributed by atoms with Crippen LogP contribution in [0.3, 0.4) is 0 Å². The van der Waals surface area contributed by atoms with Gasteiger partial charge in [0.15, 0.2) is 0 Å². The van der Waals surface area contributed by atoms with Gasteiger partial charge in [0, 0.05) is 24.4 Å². The monoisotopic (exact) mass is 402 g/mol. The normalized spacial score (nSPS) is 10.4. The molecule has 0 saturated heterocycles. The zero-order chi connectivity index (χ0) is 20.1. The van der Waals surface area contributed by atoms with Crippen molar-refractivity contribution in [2.24, 2.45) is 0 Å². The number of hydrogen-bond donors (Lipinski definition) is 0. The number of ether oxygens (including phenoxy) is 1. The van der Waals surface area contributed by atoms with Crippen LogP contribution in [-0.4, -0.2) is 21.0 Å². The van der Waals surface area contributed by atoms with Crippen LogP contribution < -0.4 is 4.90 Å². The lowest BCUT2D eigenvalue weighted by atomic mass is 10.2. The summed E-state index contributed by atoms with van der Waals surface area (Å²) in [6.07, 6.45) is 0.453. The van der Waals surface area contributed by atoms with Gasteiger partial charge in [0.2, 0.25) is 5.28 Å². The summed E-state index contributed by atoms with van der Waals surface area (Å²) in [5.41, 5.74) is 0.363. The van der Waals surface area contributed by atoms with Gasteiger partial charge in [0.05, 0.1) is 10.6 Å². The smallest absolute Gasteiger partial charge is 0.420 e. The van der Waals surface area contributed by atoms with Gasteiger partial charge in [-0.3, -0.25) is 10.1 Å². The van der Waals surface area contributed by atoms with Crippen LogP contribution in [0.2, 0.25) is 5.28 Å². The van der Waals surface area contributed by atoms with Gasteiger partial charge in [-0.15, -0.1) is 0 Å². The Labute approximate surface area is 163 Å². The molecule has 0 unspecified atom stereocenters. The number of amides is 1. The average Bonchev–Trinajstić information content (AvgIpc) is 2.67. The quantitative estimate of drug-likeness (QED) is 0.350. The summed E-state index contributed by atoms with van der Waals surface area (Å²) < 4.78 is 18.5. The third kappa shape index (κ3) is 4.57. The Morgan fingerprint density at radius 2 is 2.00 bits per heavy atom. The van der Waals surface area contributed by atoms with Gasteiger partial charge in [0.25, 0.3) is 5.69 Å². The van der Waals surface area contributed by atoms with E-state index in [1.165, 1.54) is 54.7 Å². The van der Waals surface area contributed by atoms with E-state index in [9.17, 15) is 19.3 Å². The molecule has 10 heteroatoms. The van der Waals surface area contributed by atoms with E-state index < -0.39 is 16.8 Å². The van der Waals surface area contributed by atoms with Crippen LogP contribution in [0.1, 0.15) is 5.56 Å². The number of anilines is 2. The first-order chi connectivity index (χ1) is 13.4. The van der Waals surface area contributed by atoms with E-state index >= 15 is 0 Å². The number of nitro groups is 1. The van der Waals surface area contributed by atoms with Crippen molar-refractivity contribution in [3.8, 4) is 0 Å². The molecule has 1 aromatic heterocycles. The highest BCUT2D eigenvalue weighted by Gasteiger charge is 2.23. The molecule has 1 amide bonds. The highest BCUT2D eigenvalue weighted by molar-refractivity contribution is 6.28. The summed E-state index contributed by atoms with van der Waals surface area (Å²) in [6.45, 7) is -0.208. The largest absolute Gasteiger partial charge is 0.444 e. The van der Waals surface area contributed by atoms with Gasteiger partial charge in [-0.2, -0.15) is 4.98 Å². The molecule has 28 heavy (non-hydrogen) atoms. The molecule has 8 nitrogen and oxygen atoms in total. The summed E-state index contributed by atoms with van der Waals surface area (Å²) >= 11 is 5.80. The highest BCUT2D eigenvalue weighted by atomic mass is 35.5. The second-order valence-corrected chi connectivity index (χ2v) is 5.82. The average molecular weight is 403 g/mol. The van der Waals surface area contributed by atoms with Crippen LogP contribution in [-0.2, 0) is 11.3 Å². The van der Waals surface area contributed by atoms with Crippen molar-refractivity contribution < 1.29 is 18.8 Å². The van der Waals surface area contributed by atoms with Crippen molar-refractivity contribution in [3.63, 3.8) is 0 Å². The third-order valence-electron chi connectivity index (χ3n) is 3.57. The summed E-state index contributed by atoms with van der Waals surface area (Å²) in [6, 6.07) is 12.3. The van der Waals surface area contributed by atoms with Crippen LogP contribution >= 0.6 is 11.6 Å². The number of non-ortho nitro benzene ring substituents is 1. The first-order valence-corrected chi connectivity index (χ1v) is 8.26. The summed E-state index contributed by atoms with van der Waals surface area (Å²) in [4.78, 5) is 31.9. The molecule has 0 aliphatic carbocycles. The minimum atomic E-state index is -0.875. The van der Waals surface area contributed by atoms with E-state index in [0.717, 1.165) is 4.90 Å². The van der Waals surface area contributed by atoms with E-state index in [-0.39, 0.29) is 29.1 Å². The number of aromatic nitrogens is 2. The molecule has 2 aromatic carbocycles. The van der Waals surface area contributed by atoms with Crippen LogP contribution in [0, 0.1) is 15.9 Å². The number of carbonyl (C=O) groups is 1. The standard InChI is InChI=1S/C18H12ClFN4O4/c19-17-21-8-7-16(22-17)23(14-5-2-6-15(10-14)24(26)27)18(25)28-11-12-3-1-4-13(20)9-12/h1-10H,11H2. The lowest BCUT2D eigenvalue weighted by Gasteiger charge is -2.21. The number of rotatable bonds is 5. The molecule has 0 fully saturated rings. The maximum Gasteiger partial charge on any atom is 0.420 e. The highest BCUT2D eigenvalue weighted by Crippen LogP contribution is 2.28. The molecule has 0 spiro atoms. The molecule has 3 rings (SSSR count). The number of hydrogen-bond acceptors (Lipinski definition) is 6. The first-order valence-electron chi connectivity index (χ1n) is 7.88. The fourth-order valence-corrected chi connectivity index (χ4v) is 2.51. The number of nitrogens with zero attached hydrogens (tertiary/aromatic N) is 4. The Kier molecular flexibility index (Phi) is 5.75. The van der Waals surface area contributed by atoms with Crippen molar-refractivity contribution >= 4 is 34.9 Å². The molecule has 0 N–H and O–H groups in total. The second kappa shape index (κ2) is 8.40. The van der Waals surface area contributed by atoms with Crippen LogP contribution in [0.15, 0.2) is 60.8 Å². The Bertz CT molecular complexity index is 1030. The SMILES string of the molecule is O=C(OCc1cccc(F)c1)N(c1cccc([N+](=O)[O-])c1)c1ccnc(Cl)n1. The number of halogens is 2. The molecule has 0 radical (unpaired) electrons. The molecule has 0 atom stereocenters. The summed E-state index contributed by atoms with van der Waals surface area (Å²) in [7, 11) is 0. The molecular weight excluding hydrogens is 391 g/mol. The van der Waals surface area contributed by atoms with E-state index in [1.807, 2.05) is 0 Å². The van der Waals surface area contributed by atoms with Crippen LogP contribution in [0.4, 0.5) is 26.4 Å². The third-order valence-corrected chi connectivity index (χ3v) is 3.76.